The molecule has 0 spiro atoms. The molecule has 0 aliphatic heterocycles. The van der Waals surface area contributed by atoms with E-state index < -0.39 is 0 Å². The second-order valence-electron chi connectivity index (χ2n) is 5.01. The number of hydrogen-bond acceptors (Lipinski definition) is 1. The van der Waals surface area contributed by atoms with Gasteiger partial charge in [-0.3, -0.25) is 0 Å². The Kier molecular flexibility index (Phi) is 4.86. The van der Waals surface area contributed by atoms with Crippen LogP contribution in [0.1, 0.15) is 18.1 Å². The van der Waals surface area contributed by atoms with Gasteiger partial charge in [-0.25, -0.2) is 4.99 Å². The highest BCUT2D eigenvalue weighted by atomic mass is 35.5. The van der Waals surface area contributed by atoms with Crippen molar-refractivity contribution in [1.82, 2.24) is 0 Å². The summed E-state index contributed by atoms with van der Waals surface area (Å²) in [7, 11) is 1.90. The van der Waals surface area contributed by atoms with Crippen LogP contribution in [-0.2, 0) is 6.42 Å². The van der Waals surface area contributed by atoms with Crippen molar-refractivity contribution in [2.24, 2.45) is 10.7 Å². The molecule has 0 radical (unpaired) electrons. The van der Waals surface area contributed by atoms with Crippen LogP contribution >= 0.6 is 11.6 Å². The molecular weight excluding hydrogens is 282 g/mol. The smallest absolute Gasteiger partial charge is 0.200 e. The Balaban J connectivity index is 2.31. The number of rotatable bonds is 3. The minimum atomic E-state index is 0.413. The third-order valence-electron chi connectivity index (χ3n) is 3.39. The molecule has 0 heterocycles. The van der Waals surface area contributed by atoms with Crippen molar-refractivity contribution in [3.8, 4) is 0 Å². The third-order valence-corrected chi connectivity index (χ3v) is 3.71. The molecule has 2 N–H and O–H groups in total. The number of nitrogens with zero attached hydrogens (tertiary/aromatic N) is 2. The molecule has 0 unspecified atom stereocenters. The SMILES string of the molecule is CCc1cccc(N(C)C(N)=Nc2cc(C)ccc2Cl)c1. The Morgan fingerprint density at radius 2 is 2.00 bits per heavy atom. The van der Waals surface area contributed by atoms with Crippen molar-refractivity contribution in [2.45, 2.75) is 20.3 Å². The number of hydrogen-bond donors (Lipinski definition) is 1. The molecule has 3 nitrogen and oxygen atoms in total. The summed E-state index contributed by atoms with van der Waals surface area (Å²) in [6.45, 7) is 4.13. The summed E-state index contributed by atoms with van der Waals surface area (Å²) < 4.78 is 0. The van der Waals surface area contributed by atoms with Gasteiger partial charge in [0.2, 0.25) is 5.96 Å². The van der Waals surface area contributed by atoms with Gasteiger partial charge in [0.1, 0.15) is 0 Å². The van der Waals surface area contributed by atoms with E-state index in [1.807, 2.05) is 49.2 Å². The van der Waals surface area contributed by atoms with Crippen LogP contribution in [0.2, 0.25) is 5.02 Å². The van der Waals surface area contributed by atoms with Crippen LogP contribution in [0.5, 0.6) is 0 Å². The van der Waals surface area contributed by atoms with E-state index in [-0.39, 0.29) is 0 Å². The van der Waals surface area contributed by atoms with Crippen molar-refractivity contribution >= 4 is 28.9 Å². The molecule has 4 heteroatoms. The number of aryl methyl sites for hydroxylation is 2. The van der Waals surface area contributed by atoms with E-state index in [4.69, 9.17) is 17.3 Å². The number of anilines is 1. The van der Waals surface area contributed by atoms with E-state index >= 15 is 0 Å². The molecule has 0 atom stereocenters. The summed E-state index contributed by atoms with van der Waals surface area (Å²) in [5.41, 5.74) is 10.2. The summed E-state index contributed by atoms with van der Waals surface area (Å²) in [5, 5.41) is 0.597. The van der Waals surface area contributed by atoms with Crippen molar-refractivity contribution in [2.75, 3.05) is 11.9 Å². The van der Waals surface area contributed by atoms with Crippen LogP contribution in [0.4, 0.5) is 11.4 Å². The van der Waals surface area contributed by atoms with Gasteiger partial charge in [0, 0.05) is 12.7 Å². The minimum absolute atomic E-state index is 0.413. The van der Waals surface area contributed by atoms with Gasteiger partial charge in [-0.1, -0.05) is 36.7 Å². The van der Waals surface area contributed by atoms with Crippen molar-refractivity contribution in [1.29, 1.82) is 0 Å². The van der Waals surface area contributed by atoms with Crippen LogP contribution in [0, 0.1) is 6.92 Å². The fourth-order valence-corrected chi connectivity index (χ4v) is 2.18. The molecule has 0 fully saturated rings. The molecule has 2 rings (SSSR count). The lowest BCUT2D eigenvalue weighted by molar-refractivity contribution is 1.13. The average molecular weight is 302 g/mol. The van der Waals surface area contributed by atoms with E-state index in [2.05, 4.69) is 24.0 Å². The number of benzene rings is 2. The normalized spacial score (nSPS) is 11.5. The molecule has 2 aromatic rings. The van der Waals surface area contributed by atoms with E-state index in [0.717, 1.165) is 17.7 Å². The topological polar surface area (TPSA) is 41.6 Å². The first-order valence-corrected chi connectivity index (χ1v) is 7.32. The minimum Gasteiger partial charge on any atom is -0.369 e. The first kappa shape index (κ1) is 15.4. The van der Waals surface area contributed by atoms with Crippen LogP contribution in [0.3, 0.4) is 0 Å². The Bertz CT molecular complexity index is 665. The summed E-state index contributed by atoms with van der Waals surface area (Å²) in [5.74, 6) is 0.413. The zero-order valence-corrected chi connectivity index (χ0v) is 13.4. The fraction of sp³-hybridized carbons (Fsp3) is 0.235. The third kappa shape index (κ3) is 3.76. The lowest BCUT2D eigenvalue weighted by Crippen LogP contribution is -2.33. The van der Waals surface area contributed by atoms with E-state index in [0.29, 0.717) is 16.7 Å². The fourth-order valence-electron chi connectivity index (χ4n) is 2.02. The molecule has 21 heavy (non-hydrogen) atoms. The first-order chi connectivity index (χ1) is 10.0. The van der Waals surface area contributed by atoms with Gasteiger partial charge in [0.05, 0.1) is 10.7 Å². The Labute approximate surface area is 131 Å². The summed E-state index contributed by atoms with van der Waals surface area (Å²) in [6, 6.07) is 14.0. The highest BCUT2D eigenvalue weighted by molar-refractivity contribution is 6.33. The van der Waals surface area contributed by atoms with Crippen molar-refractivity contribution < 1.29 is 0 Å². The van der Waals surface area contributed by atoms with Gasteiger partial charge < -0.3 is 10.6 Å². The zero-order valence-electron chi connectivity index (χ0n) is 12.6. The Hall–Kier alpha value is -2.00. The van der Waals surface area contributed by atoms with E-state index in [1.165, 1.54) is 5.56 Å². The van der Waals surface area contributed by atoms with Crippen LogP contribution in [0.15, 0.2) is 47.5 Å². The predicted molar refractivity (Wildman–Crippen MR) is 91.7 cm³/mol. The summed E-state index contributed by atoms with van der Waals surface area (Å²) >= 11 is 6.16. The molecule has 0 amide bonds. The molecule has 0 aliphatic carbocycles. The quantitative estimate of drug-likeness (QED) is 0.678. The van der Waals surface area contributed by atoms with Crippen molar-refractivity contribution in [3.05, 3.63) is 58.6 Å². The van der Waals surface area contributed by atoms with Crippen LogP contribution in [-0.4, -0.2) is 13.0 Å². The lowest BCUT2D eigenvalue weighted by atomic mass is 10.1. The highest BCUT2D eigenvalue weighted by Gasteiger charge is 2.07. The number of guanidine groups is 1. The molecular formula is C17H20ClN3. The molecule has 0 saturated heterocycles. The second kappa shape index (κ2) is 6.64. The number of nitrogens with two attached hydrogens (primary N) is 1. The maximum Gasteiger partial charge on any atom is 0.200 e. The lowest BCUT2D eigenvalue weighted by Gasteiger charge is -2.19. The molecule has 0 aliphatic rings. The van der Waals surface area contributed by atoms with Gasteiger partial charge in [-0.15, -0.1) is 0 Å². The average Bonchev–Trinajstić information content (AvgIpc) is 2.50. The maximum atomic E-state index is 6.16. The Morgan fingerprint density at radius 1 is 1.24 bits per heavy atom. The molecule has 110 valence electrons. The number of aliphatic imine (C=N–C) groups is 1. The van der Waals surface area contributed by atoms with E-state index in [9.17, 15) is 0 Å². The summed E-state index contributed by atoms with van der Waals surface area (Å²) in [4.78, 5) is 6.30. The standard InChI is InChI=1S/C17H20ClN3/c1-4-13-6-5-7-14(11-13)21(3)17(19)20-16-10-12(2)8-9-15(16)18/h5-11H,4H2,1-3H3,(H2,19,20). The molecule has 0 bridgehead atoms. The molecule has 2 aromatic carbocycles. The predicted octanol–water partition coefficient (Wildman–Crippen LogP) is 4.29. The maximum absolute atomic E-state index is 6.16. The van der Waals surface area contributed by atoms with Crippen LogP contribution < -0.4 is 10.6 Å². The largest absolute Gasteiger partial charge is 0.369 e. The number of halogens is 1. The monoisotopic (exact) mass is 301 g/mol. The summed E-state index contributed by atoms with van der Waals surface area (Å²) in [6.07, 6.45) is 0.989. The van der Waals surface area contributed by atoms with Crippen LogP contribution in [0.25, 0.3) is 0 Å². The van der Waals surface area contributed by atoms with Gasteiger partial charge in [-0.2, -0.15) is 0 Å². The van der Waals surface area contributed by atoms with Gasteiger partial charge in [0.25, 0.3) is 0 Å². The van der Waals surface area contributed by atoms with E-state index in [1.54, 1.807) is 0 Å². The first-order valence-electron chi connectivity index (χ1n) is 6.94. The van der Waals surface area contributed by atoms with Gasteiger partial charge in [-0.05, 0) is 48.7 Å². The van der Waals surface area contributed by atoms with Gasteiger partial charge in [0.15, 0.2) is 0 Å². The molecule has 0 saturated carbocycles. The second-order valence-corrected chi connectivity index (χ2v) is 5.41. The molecule has 0 aromatic heterocycles. The van der Waals surface area contributed by atoms with Gasteiger partial charge >= 0.3 is 0 Å². The highest BCUT2D eigenvalue weighted by Crippen LogP contribution is 2.26. The van der Waals surface area contributed by atoms with Crippen molar-refractivity contribution in [3.63, 3.8) is 0 Å². The zero-order chi connectivity index (χ0) is 15.4. The Morgan fingerprint density at radius 3 is 2.71 bits per heavy atom.